The van der Waals surface area contributed by atoms with E-state index in [4.69, 9.17) is 0 Å². The van der Waals surface area contributed by atoms with E-state index in [0.717, 1.165) is 25.9 Å². The SMILES string of the molecule is CC(C)N1CCCN(C2CCNC2)S1(=O)=O. The fraction of sp³-hybridized carbons (Fsp3) is 1.00. The summed E-state index contributed by atoms with van der Waals surface area (Å²) in [5, 5.41) is 3.23. The Hall–Kier alpha value is -0.170. The summed E-state index contributed by atoms with van der Waals surface area (Å²) in [5.74, 6) is 0. The molecule has 0 aromatic carbocycles. The molecule has 1 unspecified atom stereocenters. The van der Waals surface area contributed by atoms with Crippen molar-refractivity contribution in [1.82, 2.24) is 13.9 Å². The Kier molecular flexibility index (Phi) is 3.53. The second kappa shape index (κ2) is 4.60. The summed E-state index contributed by atoms with van der Waals surface area (Å²) in [6.45, 7) is 6.94. The quantitative estimate of drug-likeness (QED) is 0.748. The number of nitrogens with one attached hydrogen (secondary N) is 1. The minimum absolute atomic E-state index is 0.0576. The lowest BCUT2D eigenvalue weighted by Crippen LogP contribution is -2.55. The molecule has 5 nitrogen and oxygen atoms in total. The Morgan fingerprint density at radius 1 is 1.31 bits per heavy atom. The highest BCUT2D eigenvalue weighted by Gasteiger charge is 2.39. The van der Waals surface area contributed by atoms with E-state index in [-0.39, 0.29) is 12.1 Å². The third-order valence-electron chi connectivity index (χ3n) is 3.37. The molecule has 0 saturated carbocycles. The van der Waals surface area contributed by atoms with Gasteiger partial charge in [0.05, 0.1) is 0 Å². The van der Waals surface area contributed by atoms with E-state index >= 15 is 0 Å². The van der Waals surface area contributed by atoms with Gasteiger partial charge >= 0.3 is 0 Å². The molecule has 1 N–H and O–H groups in total. The highest BCUT2D eigenvalue weighted by Crippen LogP contribution is 2.23. The van der Waals surface area contributed by atoms with E-state index in [1.807, 2.05) is 13.8 Å². The van der Waals surface area contributed by atoms with Crippen LogP contribution in [0.25, 0.3) is 0 Å². The van der Waals surface area contributed by atoms with Gasteiger partial charge in [-0.3, -0.25) is 0 Å². The Balaban J connectivity index is 2.19. The molecule has 0 bridgehead atoms. The van der Waals surface area contributed by atoms with Crippen LogP contribution in [-0.4, -0.2) is 55.3 Å². The van der Waals surface area contributed by atoms with Crippen molar-refractivity contribution in [2.24, 2.45) is 0 Å². The van der Waals surface area contributed by atoms with Gasteiger partial charge in [-0.25, -0.2) is 0 Å². The largest absolute Gasteiger partial charge is 0.315 e. The van der Waals surface area contributed by atoms with Crippen molar-refractivity contribution in [2.45, 2.75) is 38.8 Å². The van der Waals surface area contributed by atoms with Crippen LogP contribution in [0.2, 0.25) is 0 Å². The minimum atomic E-state index is -3.22. The van der Waals surface area contributed by atoms with Gasteiger partial charge in [0.1, 0.15) is 0 Å². The van der Waals surface area contributed by atoms with Gasteiger partial charge in [-0.1, -0.05) is 0 Å². The van der Waals surface area contributed by atoms with E-state index in [2.05, 4.69) is 5.32 Å². The van der Waals surface area contributed by atoms with Crippen molar-refractivity contribution in [2.75, 3.05) is 26.2 Å². The van der Waals surface area contributed by atoms with E-state index in [0.29, 0.717) is 13.1 Å². The molecule has 1 atom stereocenters. The molecule has 6 heteroatoms. The first-order valence-electron chi connectivity index (χ1n) is 6.03. The van der Waals surface area contributed by atoms with Crippen LogP contribution in [0, 0.1) is 0 Å². The smallest absolute Gasteiger partial charge is 0.282 e. The van der Waals surface area contributed by atoms with E-state index < -0.39 is 10.2 Å². The average Bonchev–Trinajstić information content (AvgIpc) is 2.68. The molecule has 94 valence electrons. The van der Waals surface area contributed by atoms with Crippen LogP contribution in [0.4, 0.5) is 0 Å². The third kappa shape index (κ3) is 2.11. The molecule has 2 aliphatic heterocycles. The predicted molar refractivity (Wildman–Crippen MR) is 63.4 cm³/mol. The van der Waals surface area contributed by atoms with Crippen molar-refractivity contribution in [3.8, 4) is 0 Å². The summed E-state index contributed by atoms with van der Waals surface area (Å²) in [5.41, 5.74) is 0. The van der Waals surface area contributed by atoms with Gasteiger partial charge in [0.2, 0.25) is 0 Å². The van der Waals surface area contributed by atoms with E-state index in [9.17, 15) is 8.42 Å². The lowest BCUT2D eigenvalue weighted by Gasteiger charge is -2.39. The maximum Gasteiger partial charge on any atom is 0.282 e. The summed E-state index contributed by atoms with van der Waals surface area (Å²) in [6, 6.07) is 0.216. The molecule has 0 spiro atoms. The van der Waals surface area contributed by atoms with Crippen LogP contribution in [0.15, 0.2) is 0 Å². The van der Waals surface area contributed by atoms with E-state index in [1.165, 1.54) is 0 Å². The molecule has 2 rings (SSSR count). The summed E-state index contributed by atoms with van der Waals surface area (Å²) in [7, 11) is -3.22. The molecule has 0 radical (unpaired) electrons. The van der Waals surface area contributed by atoms with Crippen LogP contribution in [0.3, 0.4) is 0 Å². The van der Waals surface area contributed by atoms with Crippen molar-refractivity contribution in [3.63, 3.8) is 0 Å². The molecule has 0 aromatic rings. The van der Waals surface area contributed by atoms with Gasteiger partial charge in [0, 0.05) is 31.7 Å². The van der Waals surface area contributed by atoms with Gasteiger partial charge in [-0.15, -0.1) is 0 Å². The standard InChI is InChI=1S/C10H21N3O2S/c1-9(2)12-6-3-7-13(16(12,14)15)10-4-5-11-8-10/h9-11H,3-8H2,1-2H3. The van der Waals surface area contributed by atoms with Crippen LogP contribution in [-0.2, 0) is 10.2 Å². The number of hydrogen-bond acceptors (Lipinski definition) is 3. The lowest BCUT2D eigenvalue weighted by atomic mass is 10.2. The third-order valence-corrected chi connectivity index (χ3v) is 5.64. The Morgan fingerprint density at radius 3 is 2.62 bits per heavy atom. The lowest BCUT2D eigenvalue weighted by molar-refractivity contribution is 0.227. The Labute approximate surface area is 98.0 Å². The summed E-state index contributed by atoms with van der Waals surface area (Å²) in [6.07, 6.45) is 1.87. The molecule has 0 aromatic heterocycles. The van der Waals surface area contributed by atoms with Crippen molar-refractivity contribution >= 4 is 10.2 Å². The van der Waals surface area contributed by atoms with Crippen LogP contribution in [0.1, 0.15) is 26.7 Å². The van der Waals surface area contributed by atoms with Gasteiger partial charge in [0.25, 0.3) is 10.2 Å². The van der Waals surface area contributed by atoms with Crippen molar-refractivity contribution in [3.05, 3.63) is 0 Å². The number of nitrogens with zero attached hydrogens (tertiary/aromatic N) is 2. The topological polar surface area (TPSA) is 52.6 Å². The van der Waals surface area contributed by atoms with Gasteiger partial charge in [-0.2, -0.15) is 17.0 Å². The molecule has 0 amide bonds. The van der Waals surface area contributed by atoms with Crippen LogP contribution >= 0.6 is 0 Å². The molecular formula is C10H21N3O2S. The second-order valence-corrected chi connectivity index (χ2v) is 6.66. The zero-order valence-electron chi connectivity index (χ0n) is 10.0. The van der Waals surface area contributed by atoms with Crippen LogP contribution in [0.5, 0.6) is 0 Å². The average molecular weight is 247 g/mol. The van der Waals surface area contributed by atoms with Gasteiger partial charge in [-0.05, 0) is 33.2 Å². The second-order valence-electron chi connectivity index (χ2n) is 4.82. The summed E-state index contributed by atoms with van der Waals surface area (Å²) < 4.78 is 28.0. The summed E-state index contributed by atoms with van der Waals surface area (Å²) >= 11 is 0. The molecular weight excluding hydrogens is 226 g/mol. The zero-order valence-corrected chi connectivity index (χ0v) is 10.8. The molecule has 2 saturated heterocycles. The predicted octanol–water partition coefficient (Wildman–Crippen LogP) is 0.00920. The first kappa shape index (κ1) is 12.3. The monoisotopic (exact) mass is 247 g/mol. The minimum Gasteiger partial charge on any atom is -0.315 e. The highest BCUT2D eigenvalue weighted by molar-refractivity contribution is 7.86. The van der Waals surface area contributed by atoms with Gasteiger partial charge in [0.15, 0.2) is 0 Å². The summed E-state index contributed by atoms with van der Waals surface area (Å²) in [4.78, 5) is 0. The highest BCUT2D eigenvalue weighted by atomic mass is 32.2. The molecule has 2 heterocycles. The van der Waals surface area contributed by atoms with Crippen LogP contribution < -0.4 is 5.32 Å². The fourth-order valence-electron chi connectivity index (χ4n) is 2.53. The Bertz CT molecular complexity index is 336. The molecule has 0 aliphatic carbocycles. The maximum atomic E-state index is 12.4. The fourth-order valence-corrected chi connectivity index (χ4v) is 4.61. The molecule has 2 aliphatic rings. The zero-order chi connectivity index (χ0) is 11.8. The Morgan fingerprint density at radius 2 is 2.06 bits per heavy atom. The first-order valence-corrected chi connectivity index (χ1v) is 7.42. The number of rotatable bonds is 2. The van der Waals surface area contributed by atoms with Crippen molar-refractivity contribution in [1.29, 1.82) is 0 Å². The maximum absolute atomic E-state index is 12.4. The van der Waals surface area contributed by atoms with Crippen molar-refractivity contribution < 1.29 is 8.42 Å². The number of hydrogen-bond donors (Lipinski definition) is 1. The molecule has 16 heavy (non-hydrogen) atoms. The van der Waals surface area contributed by atoms with E-state index in [1.54, 1.807) is 8.61 Å². The van der Waals surface area contributed by atoms with Gasteiger partial charge < -0.3 is 5.32 Å². The first-order chi connectivity index (χ1) is 7.53. The normalized spacial score (nSPS) is 32.3. The molecule has 2 fully saturated rings.